The molecule has 1 unspecified atom stereocenters. The van der Waals surface area contributed by atoms with Crippen molar-refractivity contribution in [3.63, 3.8) is 0 Å². The molecule has 0 saturated carbocycles. The molecule has 25 heavy (non-hydrogen) atoms. The van der Waals surface area contributed by atoms with Gasteiger partial charge < -0.3 is 24.6 Å². The fourth-order valence-corrected chi connectivity index (χ4v) is 3.36. The second kappa shape index (κ2) is 6.27. The van der Waals surface area contributed by atoms with Gasteiger partial charge in [0, 0.05) is 38.2 Å². The molecule has 132 valence electrons. The third-order valence-electron chi connectivity index (χ3n) is 4.79. The van der Waals surface area contributed by atoms with Gasteiger partial charge in [-0.25, -0.2) is 0 Å². The van der Waals surface area contributed by atoms with Crippen LogP contribution in [0.2, 0.25) is 0 Å². The van der Waals surface area contributed by atoms with E-state index in [9.17, 15) is 14.4 Å². The molecule has 0 radical (unpaired) electrons. The van der Waals surface area contributed by atoms with E-state index in [0.29, 0.717) is 56.1 Å². The van der Waals surface area contributed by atoms with Crippen LogP contribution < -0.4 is 14.8 Å². The number of benzene rings is 1. The number of nitrogens with one attached hydrogen (secondary N) is 1. The van der Waals surface area contributed by atoms with Gasteiger partial charge in [0.05, 0.1) is 0 Å². The molecule has 3 amide bonds. The largest absolute Gasteiger partial charge is 0.454 e. The minimum atomic E-state index is -0.413. The lowest BCUT2D eigenvalue weighted by Crippen LogP contribution is -2.54. The molecule has 4 rings (SSSR count). The van der Waals surface area contributed by atoms with E-state index in [4.69, 9.17) is 9.47 Å². The summed E-state index contributed by atoms with van der Waals surface area (Å²) in [4.78, 5) is 39.8. The van der Waals surface area contributed by atoms with Gasteiger partial charge in [0.1, 0.15) is 6.04 Å². The molecule has 0 aromatic heterocycles. The van der Waals surface area contributed by atoms with E-state index >= 15 is 0 Å². The summed E-state index contributed by atoms with van der Waals surface area (Å²) in [6.07, 6.45) is 0.951. The molecule has 0 aliphatic carbocycles. The Balaban J connectivity index is 1.36. The van der Waals surface area contributed by atoms with Crippen LogP contribution in [0.1, 0.15) is 23.2 Å². The number of fused-ring (bicyclic) bond motifs is 1. The van der Waals surface area contributed by atoms with Gasteiger partial charge >= 0.3 is 0 Å². The lowest BCUT2D eigenvalue weighted by Gasteiger charge is -2.36. The molecule has 8 nitrogen and oxygen atoms in total. The summed E-state index contributed by atoms with van der Waals surface area (Å²) >= 11 is 0. The Hall–Kier alpha value is -2.77. The number of rotatable bonds is 2. The molecule has 0 bridgehead atoms. The smallest absolute Gasteiger partial charge is 0.254 e. The zero-order valence-corrected chi connectivity index (χ0v) is 13.7. The Morgan fingerprint density at radius 2 is 1.76 bits per heavy atom. The van der Waals surface area contributed by atoms with Crippen LogP contribution in [0.4, 0.5) is 0 Å². The molecule has 3 aliphatic rings. The van der Waals surface area contributed by atoms with E-state index < -0.39 is 6.04 Å². The molecular formula is C17H19N3O5. The van der Waals surface area contributed by atoms with Crippen molar-refractivity contribution in [3.8, 4) is 11.5 Å². The molecule has 1 aromatic carbocycles. The summed E-state index contributed by atoms with van der Waals surface area (Å²) in [6.45, 7) is 2.06. The van der Waals surface area contributed by atoms with Crippen molar-refractivity contribution in [2.24, 2.45) is 0 Å². The first-order chi connectivity index (χ1) is 12.1. The maximum Gasteiger partial charge on any atom is 0.254 e. The number of hydrogen-bond donors (Lipinski definition) is 1. The predicted molar refractivity (Wildman–Crippen MR) is 86.2 cm³/mol. The van der Waals surface area contributed by atoms with Crippen LogP contribution in [-0.2, 0) is 9.59 Å². The summed E-state index contributed by atoms with van der Waals surface area (Å²) in [5.41, 5.74) is 0.548. The highest BCUT2D eigenvalue weighted by Crippen LogP contribution is 2.32. The van der Waals surface area contributed by atoms with Crippen molar-refractivity contribution >= 4 is 17.7 Å². The van der Waals surface area contributed by atoms with Crippen LogP contribution in [0, 0.1) is 0 Å². The van der Waals surface area contributed by atoms with Crippen LogP contribution in [-0.4, -0.2) is 66.5 Å². The molecule has 0 spiro atoms. The Bertz CT molecular complexity index is 727. The van der Waals surface area contributed by atoms with E-state index in [1.54, 1.807) is 28.0 Å². The summed E-state index contributed by atoms with van der Waals surface area (Å²) in [5.74, 6) is 1.01. The number of piperazine rings is 1. The highest BCUT2D eigenvalue weighted by molar-refractivity contribution is 5.95. The number of amides is 3. The average molecular weight is 345 g/mol. The topological polar surface area (TPSA) is 88.2 Å². The SMILES string of the molecule is O=C1CCC(C(=O)N2CCN(C(=O)c3ccc4c(c3)OCO4)CC2)N1. The molecule has 3 aliphatic heterocycles. The van der Waals surface area contributed by atoms with Crippen molar-refractivity contribution in [1.29, 1.82) is 0 Å². The number of hydrogen-bond acceptors (Lipinski definition) is 5. The second-order valence-electron chi connectivity index (χ2n) is 6.34. The van der Waals surface area contributed by atoms with E-state index in [1.165, 1.54) is 0 Å². The molecule has 2 fully saturated rings. The van der Waals surface area contributed by atoms with Crippen molar-refractivity contribution in [2.75, 3.05) is 33.0 Å². The molecule has 2 saturated heterocycles. The zero-order chi connectivity index (χ0) is 17.4. The highest BCUT2D eigenvalue weighted by atomic mass is 16.7. The highest BCUT2D eigenvalue weighted by Gasteiger charge is 2.33. The molecular weight excluding hydrogens is 326 g/mol. The zero-order valence-electron chi connectivity index (χ0n) is 13.7. The second-order valence-corrected chi connectivity index (χ2v) is 6.34. The van der Waals surface area contributed by atoms with E-state index in [1.807, 2.05) is 0 Å². The van der Waals surface area contributed by atoms with Gasteiger partial charge in [-0.3, -0.25) is 14.4 Å². The van der Waals surface area contributed by atoms with Crippen molar-refractivity contribution in [3.05, 3.63) is 23.8 Å². The first kappa shape index (κ1) is 15.7. The predicted octanol–water partition coefficient (Wildman–Crippen LogP) is -0.0217. The number of ether oxygens (including phenoxy) is 2. The number of nitrogens with zero attached hydrogens (tertiary/aromatic N) is 2. The minimum absolute atomic E-state index is 0.0546. The average Bonchev–Trinajstić information content (AvgIpc) is 3.28. The first-order valence-electron chi connectivity index (χ1n) is 8.39. The molecule has 1 atom stereocenters. The summed E-state index contributed by atoms with van der Waals surface area (Å²) < 4.78 is 10.6. The Labute approximate surface area is 144 Å². The Morgan fingerprint density at radius 1 is 1.04 bits per heavy atom. The van der Waals surface area contributed by atoms with Gasteiger partial charge in [0.25, 0.3) is 5.91 Å². The Morgan fingerprint density at radius 3 is 2.48 bits per heavy atom. The van der Waals surface area contributed by atoms with Crippen molar-refractivity contribution in [1.82, 2.24) is 15.1 Å². The maximum atomic E-state index is 12.6. The third kappa shape index (κ3) is 2.99. The molecule has 1 N–H and O–H groups in total. The minimum Gasteiger partial charge on any atom is -0.454 e. The van der Waals surface area contributed by atoms with Crippen molar-refractivity contribution in [2.45, 2.75) is 18.9 Å². The lowest BCUT2D eigenvalue weighted by molar-refractivity contribution is -0.135. The van der Waals surface area contributed by atoms with Crippen LogP contribution >= 0.6 is 0 Å². The monoisotopic (exact) mass is 345 g/mol. The van der Waals surface area contributed by atoms with E-state index in [2.05, 4.69) is 5.32 Å². The van der Waals surface area contributed by atoms with Gasteiger partial charge in [0.2, 0.25) is 18.6 Å². The normalized spacial score (nSPS) is 22.1. The Kier molecular flexibility index (Phi) is 3.95. The summed E-state index contributed by atoms with van der Waals surface area (Å²) in [7, 11) is 0. The van der Waals surface area contributed by atoms with Crippen LogP contribution in [0.3, 0.4) is 0 Å². The summed E-state index contributed by atoms with van der Waals surface area (Å²) in [5, 5.41) is 2.70. The van der Waals surface area contributed by atoms with E-state index in [-0.39, 0.29) is 24.5 Å². The van der Waals surface area contributed by atoms with Crippen LogP contribution in [0.15, 0.2) is 18.2 Å². The van der Waals surface area contributed by atoms with Gasteiger partial charge in [-0.2, -0.15) is 0 Å². The summed E-state index contributed by atoms with van der Waals surface area (Å²) in [6, 6.07) is 4.74. The standard InChI is InChI=1S/C17H19N3O5/c21-15-4-2-12(18-15)17(23)20-7-5-19(6-8-20)16(22)11-1-3-13-14(9-11)25-10-24-13/h1,3,9,12H,2,4-8,10H2,(H,18,21). The lowest BCUT2D eigenvalue weighted by atomic mass is 10.1. The number of carbonyl (C=O) groups is 3. The molecule has 8 heteroatoms. The van der Waals surface area contributed by atoms with Gasteiger partial charge in [-0.15, -0.1) is 0 Å². The van der Waals surface area contributed by atoms with Gasteiger partial charge in [0.15, 0.2) is 11.5 Å². The first-order valence-corrected chi connectivity index (χ1v) is 8.39. The molecule has 1 aromatic rings. The fourth-order valence-electron chi connectivity index (χ4n) is 3.36. The van der Waals surface area contributed by atoms with Crippen LogP contribution in [0.5, 0.6) is 11.5 Å². The number of carbonyl (C=O) groups excluding carboxylic acids is 3. The quantitative estimate of drug-likeness (QED) is 0.814. The van der Waals surface area contributed by atoms with Gasteiger partial charge in [-0.05, 0) is 24.6 Å². The fraction of sp³-hybridized carbons (Fsp3) is 0.471. The molecule has 3 heterocycles. The maximum absolute atomic E-state index is 12.6. The third-order valence-corrected chi connectivity index (χ3v) is 4.79. The van der Waals surface area contributed by atoms with Gasteiger partial charge in [-0.1, -0.05) is 0 Å². The van der Waals surface area contributed by atoms with Crippen LogP contribution in [0.25, 0.3) is 0 Å². The van der Waals surface area contributed by atoms with E-state index in [0.717, 1.165) is 0 Å². The van der Waals surface area contributed by atoms with Crippen molar-refractivity contribution < 1.29 is 23.9 Å².